The van der Waals surface area contributed by atoms with E-state index in [0.717, 1.165) is 25.7 Å². The third-order valence-electron chi connectivity index (χ3n) is 4.15. The molecular weight excluding hydrogens is 216 g/mol. The Bertz CT molecular complexity index is 254. The van der Waals surface area contributed by atoms with Gasteiger partial charge in [-0.1, -0.05) is 25.7 Å². The minimum Gasteiger partial charge on any atom is -0.378 e. The lowest BCUT2D eigenvalue weighted by Crippen LogP contribution is -2.50. The molecule has 97 valence electrons. The molecular formula is C13H23N2O2. The van der Waals surface area contributed by atoms with Gasteiger partial charge in [-0.05, 0) is 12.8 Å². The molecule has 1 N–H and O–H groups in total. The first-order valence-electron chi connectivity index (χ1n) is 6.80. The Balaban J connectivity index is 2.06. The summed E-state index contributed by atoms with van der Waals surface area (Å²) in [5.74, 6) is 0.220. The highest BCUT2D eigenvalue weighted by molar-refractivity contribution is 5.83. The van der Waals surface area contributed by atoms with Crippen molar-refractivity contribution in [2.75, 3.05) is 32.8 Å². The van der Waals surface area contributed by atoms with Crippen LogP contribution < -0.4 is 5.73 Å². The SMILES string of the molecule is [NH]CC1(C(=O)N2CCOCC2)CCCCCC1. The fraction of sp³-hybridized carbons (Fsp3) is 0.923. The Hall–Kier alpha value is -0.610. The van der Waals surface area contributed by atoms with Gasteiger partial charge in [0.2, 0.25) is 5.91 Å². The predicted octanol–water partition coefficient (Wildman–Crippen LogP) is 1.47. The van der Waals surface area contributed by atoms with Crippen LogP contribution in [0.2, 0.25) is 0 Å². The number of amides is 1. The fourth-order valence-electron chi connectivity index (χ4n) is 2.97. The maximum atomic E-state index is 12.6. The molecule has 1 aliphatic carbocycles. The standard InChI is InChI=1S/C13H23N2O2/c14-11-13(5-3-1-2-4-6-13)12(16)15-7-9-17-10-8-15/h14H,1-11H2. The quantitative estimate of drug-likeness (QED) is 0.685. The summed E-state index contributed by atoms with van der Waals surface area (Å²) in [6.45, 7) is 2.98. The fourth-order valence-corrected chi connectivity index (χ4v) is 2.97. The van der Waals surface area contributed by atoms with E-state index >= 15 is 0 Å². The third kappa shape index (κ3) is 2.80. The molecule has 0 aromatic heterocycles. The smallest absolute Gasteiger partial charge is 0.230 e. The van der Waals surface area contributed by atoms with Gasteiger partial charge in [-0.25, -0.2) is 0 Å². The predicted molar refractivity (Wildman–Crippen MR) is 65.5 cm³/mol. The zero-order valence-corrected chi connectivity index (χ0v) is 10.5. The van der Waals surface area contributed by atoms with Crippen LogP contribution in [0, 0.1) is 5.41 Å². The van der Waals surface area contributed by atoms with E-state index in [9.17, 15) is 4.79 Å². The average molecular weight is 239 g/mol. The molecule has 1 aliphatic heterocycles. The molecule has 1 amide bonds. The van der Waals surface area contributed by atoms with Crippen LogP contribution in [-0.2, 0) is 9.53 Å². The maximum Gasteiger partial charge on any atom is 0.230 e. The Labute approximate surface area is 103 Å². The van der Waals surface area contributed by atoms with E-state index in [-0.39, 0.29) is 17.9 Å². The Morgan fingerprint density at radius 3 is 2.24 bits per heavy atom. The number of rotatable bonds is 2. The lowest BCUT2D eigenvalue weighted by molar-refractivity contribution is -0.146. The number of carbonyl (C=O) groups is 1. The van der Waals surface area contributed by atoms with Crippen LogP contribution in [-0.4, -0.2) is 43.7 Å². The number of hydrogen-bond acceptors (Lipinski definition) is 2. The van der Waals surface area contributed by atoms with Crippen LogP contribution in [0.5, 0.6) is 0 Å². The van der Waals surface area contributed by atoms with Gasteiger partial charge in [-0.3, -0.25) is 10.5 Å². The molecule has 0 unspecified atom stereocenters. The Morgan fingerprint density at radius 1 is 1.12 bits per heavy atom. The number of morpholine rings is 1. The molecule has 0 atom stereocenters. The molecule has 0 aromatic rings. The highest BCUT2D eigenvalue weighted by Gasteiger charge is 2.40. The Morgan fingerprint density at radius 2 is 1.71 bits per heavy atom. The normalized spacial score (nSPS) is 25.4. The van der Waals surface area contributed by atoms with Crippen molar-refractivity contribution in [3.63, 3.8) is 0 Å². The van der Waals surface area contributed by atoms with E-state index < -0.39 is 0 Å². The molecule has 0 bridgehead atoms. The van der Waals surface area contributed by atoms with Crippen LogP contribution in [0.4, 0.5) is 0 Å². The zero-order chi connectivity index (χ0) is 12.1. The lowest BCUT2D eigenvalue weighted by atomic mass is 9.79. The zero-order valence-electron chi connectivity index (χ0n) is 10.5. The highest BCUT2D eigenvalue weighted by atomic mass is 16.5. The number of carbonyl (C=O) groups excluding carboxylic acids is 1. The van der Waals surface area contributed by atoms with Gasteiger partial charge >= 0.3 is 0 Å². The number of hydrogen-bond donors (Lipinski definition) is 0. The topological polar surface area (TPSA) is 53.3 Å². The molecule has 4 heteroatoms. The van der Waals surface area contributed by atoms with Crippen LogP contribution in [0.15, 0.2) is 0 Å². The molecule has 2 fully saturated rings. The monoisotopic (exact) mass is 239 g/mol. The molecule has 2 rings (SSSR count). The molecule has 0 spiro atoms. The van der Waals surface area contributed by atoms with E-state index in [1.165, 1.54) is 12.8 Å². The summed E-state index contributed by atoms with van der Waals surface area (Å²) in [6.07, 6.45) is 6.47. The summed E-state index contributed by atoms with van der Waals surface area (Å²) in [5.41, 5.74) is 7.43. The third-order valence-corrected chi connectivity index (χ3v) is 4.15. The summed E-state index contributed by atoms with van der Waals surface area (Å²) in [5, 5.41) is 0. The average Bonchev–Trinajstić information content (AvgIpc) is 2.65. The van der Waals surface area contributed by atoms with Crippen LogP contribution in [0.25, 0.3) is 0 Å². The second kappa shape index (κ2) is 5.83. The van der Waals surface area contributed by atoms with Gasteiger partial charge in [-0.15, -0.1) is 0 Å². The Kier molecular flexibility index (Phi) is 4.40. The van der Waals surface area contributed by atoms with Crippen molar-refractivity contribution in [3.8, 4) is 0 Å². The highest BCUT2D eigenvalue weighted by Crippen LogP contribution is 2.36. The van der Waals surface area contributed by atoms with Gasteiger partial charge in [0.15, 0.2) is 0 Å². The van der Waals surface area contributed by atoms with Gasteiger partial charge in [-0.2, -0.15) is 0 Å². The molecule has 1 saturated carbocycles. The van der Waals surface area contributed by atoms with Crippen molar-refractivity contribution in [2.24, 2.45) is 5.41 Å². The van der Waals surface area contributed by atoms with Crippen molar-refractivity contribution in [2.45, 2.75) is 38.5 Å². The summed E-state index contributed by atoms with van der Waals surface area (Å²) in [7, 11) is 0. The summed E-state index contributed by atoms with van der Waals surface area (Å²) < 4.78 is 5.29. The van der Waals surface area contributed by atoms with Crippen molar-refractivity contribution in [3.05, 3.63) is 0 Å². The van der Waals surface area contributed by atoms with Crippen molar-refractivity contribution in [1.29, 1.82) is 0 Å². The molecule has 4 nitrogen and oxygen atoms in total. The maximum absolute atomic E-state index is 12.6. The first kappa shape index (κ1) is 12.8. The minimum atomic E-state index is -0.381. The van der Waals surface area contributed by atoms with E-state index in [0.29, 0.717) is 26.3 Å². The summed E-state index contributed by atoms with van der Waals surface area (Å²) >= 11 is 0. The second-order valence-corrected chi connectivity index (χ2v) is 5.28. The molecule has 1 radical (unpaired) electrons. The lowest BCUT2D eigenvalue weighted by Gasteiger charge is -2.37. The molecule has 17 heavy (non-hydrogen) atoms. The van der Waals surface area contributed by atoms with E-state index in [4.69, 9.17) is 10.5 Å². The van der Waals surface area contributed by atoms with E-state index in [1.54, 1.807) is 0 Å². The molecule has 2 aliphatic rings. The van der Waals surface area contributed by atoms with Crippen LogP contribution in [0.3, 0.4) is 0 Å². The van der Waals surface area contributed by atoms with Crippen LogP contribution >= 0.6 is 0 Å². The number of nitrogens with one attached hydrogen (secondary N) is 1. The summed E-state index contributed by atoms with van der Waals surface area (Å²) in [4.78, 5) is 14.5. The van der Waals surface area contributed by atoms with E-state index in [2.05, 4.69) is 0 Å². The second-order valence-electron chi connectivity index (χ2n) is 5.28. The van der Waals surface area contributed by atoms with Crippen LogP contribution in [0.1, 0.15) is 38.5 Å². The van der Waals surface area contributed by atoms with Gasteiger partial charge in [0.25, 0.3) is 0 Å². The van der Waals surface area contributed by atoms with Crippen molar-refractivity contribution >= 4 is 5.91 Å². The van der Waals surface area contributed by atoms with Gasteiger partial charge in [0.05, 0.1) is 18.6 Å². The summed E-state index contributed by atoms with van der Waals surface area (Å²) in [6, 6.07) is 0. The van der Waals surface area contributed by atoms with Gasteiger partial charge < -0.3 is 9.64 Å². The van der Waals surface area contributed by atoms with E-state index in [1.807, 2.05) is 4.90 Å². The van der Waals surface area contributed by atoms with Crippen molar-refractivity contribution < 1.29 is 9.53 Å². The van der Waals surface area contributed by atoms with Gasteiger partial charge in [0.1, 0.15) is 0 Å². The van der Waals surface area contributed by atoms with Crippen molar-refractivity contribution in [1.82, 2.24) is 10.6 Å². The number of nitrogens with zero attached hydrogens (tertiary/aromatic N) is 1. The largest absolute Gasteiger partial charge is 0.378 e. The first-order chi connectivity index (χ1) is 8.28. The van der Waals surface area contributed by atoms with Gasteiger partial charge in [0, 0.05) is 19.6 Å². The molecule has 0 aromatic carbocycles. The minimum absolute atomic E-state index is 0.220. The molecule has 1 heterocycles. The number of ether oxygens (including phenoxy) is 1. The molecule has 1 saturated heterocycles. The first-order valence-corrected chi connectivity index (χ1v) is 6.80.